The lowest BCUT2D eigenvalue weighted by Gasteiger charge is -2.01. The Morgan fingerprint density at radius 1 is 1.07 bits per heavy atom. The molecule has 0 aliphatic carbocycles. The fraction of sp³-hybridized carbons (Fsp3) is 0.100. The first kappa shape index (κ1) is 18.1. The zero-order valence-electron chi connectivity index (χ0n) is 14.7. The zero-order chi connectivity index (χ0) is 19.5. The fourth-order valence-electron chi connectivity index (χ4n) is 2.72. The second-order valence-electron chi connectivity index (χ2n) is 6.07. The summed E-state index contributed by atoms with van der Waals surface area (Å²) in [6, 6.07) is 15.1. The van der Waals surface area contributed by atoms with Crippen molar-refractivity contribution < 1.29 is 9.18 Å². The third kappa shape index (κ3) is 3.72. The quantitative estimate of drug-likeness (QED) is 0.371. The molecule has 0 aliphatic heterocycles. The Morgan fingerprint density at radius 3 is 2.57 bits per heavy atom. The molecule has 4 rings (SSSR count). The Labute approximate surface area is 163 Å². The van der Waals surface area contributed by atoms with E-state index in [0.717, 1.165) is 10.2 Å². The number of carbonyl (C=O) groups excluding carboxylic acids is 1. The van der Waals surface area contributed by atoms with Crippen LogP contribution < -0.4 is 5.69 Å². The molecule has 0 atom stereocenters. The average Bonchev–Trinajstić information content (AvgIpc) is 3.04. The van der Waals surface area contributed by atoms with Crippen molar-refractivity contribution in [1.82, 2.24) is 19.2 Å². The van der Waals surface area contributed by atoms with Crippen molar-refractivity contribution in [3.63, 3.8) is 0 Å². The molecule has 0 bridgehead atoms. The number of ketones is 1. The Hall–Kier alpha value is -3.26. The van der Waals surface area contributed by atoms with E-state index in [9.17, 15) is 14.0 Å². The van der Waals surface area contributed by atoms with E-state index in [4.69, 9.17) is 0 Å². The molecule has 6 nitrogen and oxygen atoms in total. The van der Waals surface area contributed by atoms with Crippen molar-refractivity contribution in [2.75, 3.05) is 0 Å². The number of nitrogens with zero attached hydrogens (tertiary/aromatic N) is 4. The predicted octanol–water partition coefficient (Wildman–Crippen LogP) is 3.21. The minimum Gasteiger partial charge on any atom is -0.292 e. The number of fused-ring (bicyclic) bond motifs is 1. The molecular formula is C20H15FN4O2S. The molecule has 28 heavy (non-hydrogen) atoms. The number of Topliss-reactive ketones (excluding diaryl/α,β-unsaturated/α-hetero) is 1. The van der Waals surface area contributed by atoms with Crippen LogP contribution in [0.5, 0.6) is 0 Å². The van der Waals surface area contributed by atoms with Crippen molar-refractivity contribution >= 4 is 23.2 Å². The zero-order valence-corrected chi connectivity index (χ0v) is 15.5. The molecule has 8 heteroatoms. The van der Waals surface area contributed by atoms with E-state index in [1.165, 1.54) is 52.8 Å². The maximum atomic E-state index is 13.0. The summed E-state index contributed by atoms with van der Waals surface area (Å²) in [6.07, 6.45) is 3.06. The molecule has 0 amide bonds. The Morgan fingerprint density at radius 2 is 1.82 bits per heavy atom. The van der Waals surface area contributed by atoms with Gasteiger partial charge in [0, 0.05) is 23.7 Å². The summed E-state index contributed by atoms with van der Waals surface area (Å²) in [7, 11) is 0. The SMILES string of the molecule is O=C(Cn1nc2c(SCc3ccccc3)nccn2c1=O)c1ccc(F)cc1. The van der Waals surface area contributed by atoms with Gasteiger partial charge in [-0.15, -0.1) is 5.10 Å². The van der Waals surface area contributed by atoms with Crippen LogP contribution in [0.4, 0.5) is 4.39 Å². The molecule has 0 aliphatic rings. The molecule has 0 spiro atoms. The number of carbonyl (C=O) groups is 1. The van der Waals surface area contributed by atoms with Crippen molar-refractivity contribution in [3.8, 4) is 0 Å². The topological polar surface area (TPSA) is 69.3 Å². The van der Waals surface area contributed by atoms with Gasteiger partial charge in [-0.2, -0.15) is 0 Å². The lowest BCUT2D eigenvalue weighted by atomic mass is 10.1. The van der Waals surface area contributed by atoms with Gasteiger partial charge in [-0.3, -0.25) is 4.79 Å². The Balaban J connectivity index is 1.60. The van der Waals surface area contributed by atoms with Gasteiger partial charge < -0.3 is 0 Å². The molecule has 0 saturated carbocycles. The Kier molecular flexibility index (Phi) is 5.03. The van der Waals surface area contributed by atoms with Gasteiger partial charge in [0.15, 0.2) is 11.4 Å². The van der Waals surface area contributed by atoms with E-state index in [-0.39, 0.29) is 12.3 Å². The van der Waals surface area contributed by atoms with E-state index < -0.39 is 11.5 Å². The fourth-order valence-corrected chi connectivity index (χ4v) is 3.62. The number of rotatable bonds is 6. The van der Waals surface area contributed by atoms with Crippen molar-refractivity contribution in [3.05, 3.63) is 94.4 Å². The Bertz CT molecular complexity index is 1190. The van der Waals surface area contributed by atoms with Crippen LogP contribution in [-0.4, -0.2) is 24.9 Å². The van der Waals surface area contributed by atoms with Crippen molar-refractivity contribution in [1.29, 1.82) is 0 Å². The van der Waals surface area contributed by atoms with Crippen LogP contribution in [0.15, 0.2) is 76.8 Å². The maximum Gasteiger partial charge on any atom is 0.350 e. The van der Waals surface area contributed by atoms with E-state index in [1.807, 2.05) is 30.3 Å². The minimum absolute atomic E-state index is 0.227. The molecule has 140 valence electrons. The molecule has 0 saturated heterocycles. The summed E-state index contributed by atoms with van der Waals surface area (Å²) in [5, 5.41) is 4.90. The van der Waals surface area contributed by atoms with Crippen LogP contribution in [0.2, 0.25) is 0 Å². The first-order chi connectivity index (χ1) is 13.6. The molecule has 0 N–H and O–H groups in total. The first-order valence-corrected chi connectivity index (χ1v) is 9.50. The maximum absolute atomic E-state index is 13.0. The largest absolute Gasteiger partial charge is 0.350 e. The van der Waals surface area contributed by atoms with Gasteiger partial charge >= 0.3 is 5.69 Å². The van der Waals surface area contributed by atoms with E-state index in [2.05, 4.69) is 10.1 Å². The molecule has 0 fully saturated rings. The average molecular weight is 394 g/mol. The molecule has 4 aromatic rings. The summed E-state index contributed by atoms with van der Waals surface area (Å²) in [6.45, 7) is -0.227. The standard InChI is InChI=1S/C20H15FN4O2S/c21-16-8-6-15(7-9-16)17(26)12-25-20(27)24-11-10-22-19(18(24)23-25)28-13-14-4-2-1-3-5-14/h1-11H,12-13H2. The highest BCUT2D eigenvalue weighted by molar-refractivity contribution is 7.98. The number of thioether (sulfide) groups is 1. The minimum atomic E-state index is -0.424. The molecule has 2 aromatic heterocycles. The second-order valence-corrected chi connectivity index (χ2v) is 7.03. The lowest BCUT2D eigenvalue weighted by molar-refractivity contribution is 0.0966. The van der Waals surface area contributed by atoms with Gasteiger partial charge in [0.05, 0.1) is 0 Å². The monoisotopic (exact) mass is 394 g/mol. The van der Waals surface area contributed by atoms with Crippen LogP contribution in [0.3, 0.4) is 0 Å². The molecule has 2 aromatic carbocycles. The van der Waals surface area contributed by atoms with Crippen LogP contribution >= 0.6 is 11.8 Å². The highest BCUT2D eigenvalue weighted by Gasteiger charge is 2.15. The number of benzene rings is 2. The third-order valence-corrected chi connectivity index (χ3v) is 5.19. The summed E-state index contributed by atoms with van der Waals surface area (Å²) < 4.78 is 15.5. The van der Waals surface area contributed by atoms with Gasteiger partial charge in [0.1, 0.15) is 17.4 Å². The molecule has 0 unspecified atom stereocenters. The summed E-state index contributed by atoms with van der Waals surface area (Å²) in [4.78, 5) is 29.3. The van der Waals surface area contributed by atoms with Crippen LogP contribution in [0.25, 0.3) is 5.65 Å². The van der Waals surface area contributed by atoms with Gasteiger partial charge in [-0.05, 0) is 29.8 Å². The van der Waals surface area contributed by atoms with Crippen LogP contribution in [-0.2, 0) is 12.3 Å². The summed E-state index contributed by atoms with van der Waals surface area (Å²) in [5.74, 6) is -0.0622. The van der Waals surface area contributed by atoms with Crippen LogP contribution in [0.1, 0.15) is 15.9 Å². The number of hydrogen-bond donors (Lipinski definition) is 0. The summed E-state index contributed by atoms with van der Waals surface area (Å²) in [5.41, 5.74) is 1.43. The predicted molar refractivity (Wildman–Crippen MR) is 104 cm³/mol. The molecular weight excluding hydrogens is 379 g/mol. The van der Waals surface area contributed by atoms with Gasteiger partial charge in [0.25, 0.3) is 0 Å². The van der Waals surface area contributed by atoms with Gasteiger partial charge in [0.2, 0.25) is 0 Å². The summed E-state index contributed by atoms with van der Waals surface area (Å²) >= 11 is 1.47. The van der Waals surface area contributed by atoms with Gasteiger partial charge in [-0.25, -0.2) is 23.3 Å². The first-order valence-electron chi connectivity index (χ1n) is 8.51. The van der Waals surface area contributed by atoms with E-state index in [1.54, 1.807) is 0 Å². The van der Waals surface area contributed by atoms with E-state index >= 15 is 0 Å². The van der Waals surface area contributed by atoms with Gasteiger partial charge in [-0.1, -0.05) is 42.1 Å². The molecule has 2 heterocycles. The smallest absolute Gasteiger partial charge is 0.292 e. The third-order valence-electron chi connectivity index (χ3n) is 4.15. The second kappa shape index (κ2) is 7.77. The molecule has 0 radical (unpaired) electrons. The van der Waals surface area contributed by atoms with Crippen molar-refractivity contribution in [2.24, 2.45) is 0 Å². The normalized spacial score (nSPS) is 11.0. The number of aromatic nitrogens is 4. The number of hydrogen-bond acceptors (Lipinski definition) is 5. The number of halogens is 1. The lowest BCUT2D eigenvalue weighted by Crippen LogP contribution is -2.25. The highest BCUT2D eigenvalue weighted by atomic mass is 32.2. The van der Waals surface area contributed by atoms with Crippen molar-refractivity contribution in [2.45, 2.75) is 17.3 Å². The van der Waals surface area contributed by atoms with Crippen LogP contribution in [0, 0.1) is 5.82 Å². The van der Waals surface area contributed by atoms with E-state index in [0.29, 0.717) is 22.0 Å². The highest BCUT2D eigenvalue weighted by Crippen LogP contribution is 2.23.